The summed E-state index contributed by atoms with van der Waals surface area (Å²) in [4.78, 5) is 11.8. The summed E-state index contributed by atoms with van der Waals surface area (Å²) < 4.78 is 38.6. The molecule has 112 valence electrons. The number of anilines is 1. The average molecular weight is 288 g/mol. The standard InChI is InChI=1S/C14H19F3N2O/c1-9(2)6-7-19-13(20)10-4-5-12(18-3)11(8-10)14(15,16)17/h4-5,8-9,18H,6-7H2,1-3H3,(H,19,20). The van der Waals surface area contributed by atoms with Crippen LogP contribution in [0.25, 0.3) is 0 Å². The van der Waals surface area contributed by atoms with Crippen LogP contribution in [0.4, 0.5) is 18.9 Å². The van der Waals surface area contributed by atoms with Gasteiger partial charge in [-0.15, -0.1) is 0 Å². The van der Waals surface area contributed by atoms with Crippen molar-refractivity contribution in [3.05, 3.63) is 29.3 Å². The molecule has 1 amide bonds. The number of alkyl halides is 3. The Morgan fingerprint density at radius 3 is 2.45 bits per heavy atom. The number of nitrogens with one attached hydrogen (secondary N) is 2. The van der Waals surface area contributed by atoms with Gasteiger partial charge in [-0.2, -0.15) is 13.2 Å². The molecule has 0 saturated heterocycles. The summed E-state index contributed by atoms with van der Waals surface area (Å²) in [7, 11) is 1.41. The summed E-state index contributed by atoms with van der Waals surface area (Å²) in [6, 6.07) is 3.52. The molecule has 0 spiro atoms. The number of hydrogen-bond acceptors (Lipinski definition) is 2. The molecule has 2 N–H and O–H groups in total. The lowest BCUT2D eigenvalue weighted by atomic mass is 10.1. The van der Waals surface area contributed by atoms with Crippen LogP contribution in [-0.4, -0.2) is 19.5 Å². The van der Waals surface area contributed by atoms with E-state index in [0.29, 0.717) is 12.5 Å². The van der Waals surface area contributed by atoms with Gasteiger partial charge in [0, 0.05) is 24.8 Å². The lowest BCUT2D eigenvalue weighted by Crippen LogP contribution is -2.25. The van der Waals surface area contributed by atoms with Crippen molar-refractivity contribution < 1.29 is 18.0 Å². The molecule has 20 heavy (non-hydrogen) atoms. The van der Waals surface area contributed by atoms with Crippen LogP contribution in [-0.2, 0) is 6.18 Å². The van der Waals surface area contributed by atoms with Crippen molar-refractivity contribution in [1.29, 1.82) is 0 Å². The Kier molecular flexibility index (Phi) is 5.42. The molecule has 0 heterocycles. The maximum absolute atomic E-state index is 12.9. The zero-order chi connectivity index (χ0) is 15.3. The van der Waals surface area contributed by atoms with Crippen molar-refractivity contribution in [2.45, 2.75) is 26.4 Å². The van der Waals surface area contributed by atoms with Gasteiger partial charge in [-0.05, 0) is 30.5 Å². The third-order valence-electron chi connectivity index (χ3n) is 2.86. The van der Waals surface area contributed by atoms with Crippen LogP contribution in [0, 0.1) is 5.92 Å². The van der Waals surface area contributed by atoms with E-state index in [2.05, 4.69) is 10.6 Å². The van der Waals surface area contributed by atoms with Crippen molar-refractivity contribution in [1.82, 2.24) is 5.32 Å². The molecule has 0 aliphatic heterocycles. The molecule has 0 saturated carbocycles. The molecular formula is C14H19F3N2O. The normalized spacial score (nSPS) is 11.6. The SMILES string of the molecule is CNc1ccc(C(=O)NCCC(C)C)cc1C(F)(F)F. The molecule has 1 rings (SSSR count). The van der Waals surface area contributed by atoms with Gasteiger partial charge < -0.3 is 10.6 Å². The van der Waals surface area contributed by atoms with Crippen molar-refractivity contribution in [2.24, 2.45) is 5.92 Å². The van der Waals surface area contributed by atoms with Gasteiger partial charge in [-0.1, -0.05) is 13.8 Å². The van der Waals surface area contributed by atoms with Gasteiger partial charge in [0.25, 0.3) is 5.91 Å². The molecule has 0 aliphatic rings. The van der Waals surface area contributed by atoms with Crippen LogP contribution >= 0.6 is 0 Å². The van der Waals surface area contributed by atoms with E-state index in [1.165, 1.54) is 19.2 Å². The zero-order valence-corrected chi connectivity index (χ0v) is 11.8. The van der Waals surface area contributed by atoms with Gasteiger partial charge in [0.05, 0.1) is 5.56 Å². The zero-order valence-electron chi connectivity index (χ0n) is 11.8. The van der Waals surface area contributed by atoms with E-state index in [-0.39, 0.29) is 11.3 Å². The number of hydrogen-bond donors (Lipinski definition) is 2. The summed E-state index contributed by atoms with van der Waals surface area (Å²) in [6.07, 6.45) is -3.71. The minimum absolute atomic E-state index is 0.0140. The molecule has 0 bridgehead atoms. The highest BCUT2D eigenvalue weighted by Crippen LogP contribution is 2.35. The highest BCUT2D eigenvalue weighted by molar-refractivity contribution is 5.94. The van der Waals surface area contributed by atoms with Crippen LogP contribution in [0.2, 0.25) is 0 Å². The summed E-state index contributed by atoms with van der Waals surface area (Å²) in [5.74, 6) is -0.0634. The van der Waals surface area contributed by atoms with Gasteiger partial charge in [-0.25, -0.2) is 0 Å². The van der Waals surface area contributed by atoms with Gasteiger partial charge in [0.15, 0.2) is 0 Å². The Bertz CT molecular complexity index is 470. The first kappa shape index (κ1) is 16.3. The number of benzene rings is 1. The predicted molar refractivity (Wildman–Crippen MR) is 72.8 cm³/mol. The largest absolute Gasteiger partial charge is 0.418 e. The van der Waals surface area contributed by atoms with E-state index in [1.54, 1.807) is 0 Å². The number of carbonyl (C=O) groups is 1. The summed E-state index contributed by atoms with van der Waals surface area (Å²) >= 11 is 0. The van der Waals surface area contributed by atoms with Crippen LogP contribution in [0.3, 0.4) is 0 Å². The Morgan fingerprint density at radius 1 is 1.30 bits per heavy atom. The molecule has 0 fully saturated rings. The number of halogens is 3. The molecule has 6 heteroatoms. The molecular weight excluding hydrogens is 269 g/mol. The lowest BCUT2D eigenvalue weighted by molar-refractivity contribution is -0.136. The monoisotopic (exact) mass is 288 g/mol. The predicted octanol–water partition coefficient (Wildman–Crippen LogP) is 3.52. The maximum atomic E-state index is 12.9. The number of amides is 1. The molecule has 0 atom stereocenters. The van der Waals surface area contributed by atoms with Gasteiger partial charge in [-0.3, -0.25) is 4.79 Å². The quantitative estimate of drug-likeness (QED) is 0.870. The van der Waals surface area contributed by atoms with Crippen molar-refractivity contribution in [3.8, 4) is 0 Å². The highest BCUT2D eigenvalue weighted by Gasteiger charge is 2.34. The number of rotatable bonds is 5. The molecule has 3 nitrogen and oxygen atoms in total. The second kappa shape index (κ2) is 6.63. The molecule has 0 aliphatic carbocycles. The number of carbonyl (C=O) groups excluding carboxylic acids is 1. The van der Waals surface area contributed by atoms with Gasteiger partial charge in [0.1, 0.15) is 0 Å². The van der Waals surface area contributed by atoms with Crippen LogP contribution < -0.4 is 10.6 Å². The third-order valence-corrected chi connectivity index (χ3v) is 2.86. The Hall–Kier alpha value is -1.72. The summed E-state index contributed by atoms with van der Waals surface area (Å²) in [6.45, 7) is 4.47. The summed E-state index contributed by atoms with van der Waals surface area (Å²) in [5.41, 5.74) is -0.868. The summed E-state index contributed by atoms with van der Waals surface area (Å²) in [5, 5.41) is 5.09. The topological polar surface area (TPSA) is 41.1 Å². The molecule has 0 unspecified atom stereocenters. The first-order valence-electron chi connectivity index (χ1n) is 6.43. The Balaban J connectivity index is 2.89. The lowest BCUT2D eigenvalue weighted by Gasteiger charge is -2.14. The minimum atomic E-state index is -4.49. The molecule has 1 aromatic carbocycles. The van der Waals surface area contributed by atoms with Crippen LogP contribution in [0.15, 0.2) is 18.2 Å². The molecule has 1 aromatic rings. The Morgan fingerprint density at radius 2 is 1.95 bits per heavy atom. The van der Waals surface area contributed by atoms with Crippen LogP contribution in [0.5, 0.6) is 0 Å². The second-order valence-electron chi connectivity index (χ2n) is 4.95. The first-order chi connectivity index (χ1) is 9.25. The minimum Gasteiger partial charge on any atom is -0.388 e. The Labute approximate surface area is 116 Å². The van der Waals surface area contributed by atoms with E-state index in [1.807, 2.05) is 13.8 Å². The van der Waals surface area contributed by atoms with E-state index >= 15 is 0 Å². The van der Waals surface area contributed by atoms with Crippen molar-refractivity contribution >= 4 is 11.6 Å². The van der Waals surface area contributed by atoms with Gasteiger partial charge in [0.2, 0.25) is 0 Å². The van der Waals surface area contributed by atoms with Crippen molar-refractivity contribution in [3.63, 3.8) is 0 Å². The van der Waals surface area contributed by atoms with Crippen LogP contribution in [0.1, 0.15) is 36.2 Å². The third kappa shape index (κ3) is 4.43. The average Bonchev–Trinajstić information content (AvgIpc) is 2.36. The fourth-order valence-electron chi connectivity index (χ4n) is 1.71. The second-order valence-corrected chi connectivity index (χ2v) is 4.95. The first-order valence-corrected chi connectivity index (χ1v) is 6.43. The van der Waals surface area contributed by atoms with E-state index < -0.39 is 17.6 Å². The van der Waals surface area contributed by atoms with E-state index in [4.69, 9.17) is 0 Å². The van der Waals surface area contributed by atoms with E-state index in [9.17, 15) is 18.0 Å². The van der Waals surface area contributed by atoms with E-state index in [0.717, 1.165) is 12.5 Å². The smallest absolute Gasteiger partial charge is 0.388 e. The van der Waals surface area contributed by atoms with Gasteiger partial charge >= 0.3 is 6.18 Å². The molecule has 0 aromatic heterocycles. The fraction of sp³-hybridized carbons (Fsp3) is 0.500. The maximum Gasteiger partial charge on any atom is 0.418 e. The fourth-order valence-corrected chi connectivity index (χ4v) is 1.71. The molecule has 0 radical (unpaired) electrons. The highest BCUT2D eigenvalue weighted by atomic mass is 19.4. The van der Waals surface area contributed by atoms with Crippen molar-refractivity contribution in [2.75, 3.05) is 18.9 Å².